The van der Waals surface area contributed by atoms with Crippen LogP contribution in [0.15, 0.2) is 54.6 Å². The van der Waals surface area contributed by atoms with Crippen LogP contribution >= 0.6 is 11.6 Å². The minimum Gasteiger partial charge on any atom is -0.266 e. The summed E-state index contributed by atoms with van der Waals surface area (Å²) < 4.78 is 15.6. The fourth-order valence-corrected chi connectivity index (χ4v) is 2.60. The van der Waals surface area contributed by atoms with E-state index in [2.05, 4.69) is 5.10 Å². The third-order valence-corrected chi connectivity index (χ3v) is 3.52. The number of nitrogens with zero attached hydrogens (tertiary/aromatic N) is 2. The molecule has 0 spiro atoms. The molecule has 20 heavy (non-hydrogen) atoms. The second-order valence-corrected chi connectivity index (χ2v) is 4.86. The van der Waals surface area contributed by atoms with Crippen LogP contribution in [0.2, 0.25) is 5.02 Å². The lowest BCUT2D eigenvalue weighted by Gasteiger charge is -2.02. The van der Waals surface area contributed by atoms with Gasteiger partial charge in [0.1, 0.15) is 11.5 Å². The van der Waals surface area contributed by atoms with E-state index >= 15 is 0 Å². The second-order valence-electron chi connectivity index (χ2n) is 4.48. The van der Waals surface area contributed by atoms with Crippen LogP contribution in [0.1, 0.15) is 0 Å². The molecule has 0 bridgehead atoms. The van der Waals surface area contributed by atoms with E-state index in [1.165, 1.54) is 6.07 Å². The van der Waals surface area contributed by atoms with Crippen LogP contribution in [0, 0.1) is 5.82 Å². The number of halogens is 2. The average Bonchev–Trinajstić information content (AvgIpc) is 2.75. The lowest BCUT2D eigenvalue weighted by molar-refractivity contribution is 0.630. The predicted molar refractivity (Wildman–Crippen MR) is 79.0 cm³/mol. The third-order valence-electron chi connectivity index (χ3n) is 3.17. The van der Waals surface area contributed by atoms with Gasteiger partial charge < -0.3 is 0 Å². The predicted octanol–water partition coefficient (Wildman–Crippen LogP) is 4.55. The Kier molecular flexibility index (Phi) is 3.28. The van der Waals surface area contributed by atoms with Gasteiger partial charge in [0.05, 0.1) is 10.7 Å². The maximum atomic E-state index is 13.9. The summed E-state index contributed by atoms with van der Waals surface area (Å²) in [7, 11) is 1.80. The van der Waals surface area contributed by atoms with Crippen molar-refractivity contribution in [3.05, 3.63) is 65.4 Å². The van der Waals surface area contributed by atoms with Gasteiger partial charge in [-0.2, -0.15) is 5.10 Å². The van der Waals surface area contributed by atoms with Crippen LogP contribution < -0.4 is 0 Å². The summed E-state index contributed by atoms with van der Waals surface area (Å²) >= 11 is 6.42. The first kappa shape index (κ1) is 12.9. The summed E-state index contributed by atoms with van der Waals surface area (Å²) in [6.07, 6.45) is 0. The van der Waals surface area contributed by atoms with Crippen LogP contribution in [0.25, 0.3) is 22.5 Å². The molecule has 0 saturated carbocycles. The van der Waals surface area contributed by atoms with Crippen LogP contribution in [-0.4, -0.2) is 9.78 Å². The van der Waals surface area contributed by atoms with Crippen molar-refractivity contribution in [3.8, 4) is 22.5 Å². The number of aryl methyl sites for hydroxylation is 1. The maximum Gasteiger partial charge on any atom is 0.132 e. The molecule has 1 heterocycles. The molecule has 100 valence electrons. The molecule has 1 aromatic heterocycles. The standard InChI is InChI=1S/C16H12ClFN2/c1-20-16(11-7-3-2-4-8-11)14(17)15(19-20)12-9-5-6-10-13(12)18/h2-10H,1H3. The highest BCUT2D eigenvalue weighted by Gasteiger charge is 2.19. The highest BCUT2D eigenvalue weighted by Crippen LogP contribution is 2.36. The minimum atomic E-state index is -0.327. The van der Waals surface area contributed by atoms with E-state index in [-0.39, 0.29) is 5.82 Å². The molecule has 0 amide bonds. The molecule has 0 unspecified atom stereocenters. The molecule has 4 heteroatoms. The smallest absolute Gasteiger partial charge is 0.132 e. The minimum absolute atomic E-state index is 0.327. The summed E-state index contributed by atoms with van der Waals surface area (Å²) in [4.78, 5) is 0. The number of hydrogen-bond acceptors (Lipinski definition) is 1. The Balaban J connectivity index is 2.20. The number of hydrogen-bond donors (Lipinski definition) is 0. The molecule has 0 aliphatic carbocycles. The zero-order chi connectivity index (χ0) is 14.1. The van der Waals surface area contributed by atoms with Gasteiger partial charge in [-0.3, -0.25) is 4.68 Å². The first-order chi connectivity index (χ1) is 9.68. The van der Waals surface area contributed by atoms with Gasteiger partial charge in [-0.05, 0) is 12.1 Å². The summed E-state index contributed by atoms with van der Waals surface area (Å²) in [6, 6.07) is 16.2. The van der Waals surface area contributed by atoms with Gasteiger partial charge in [-0.1, -0.05) is 54.1 Å². The van der Waals surface area contributed by atoms with Crippen molar-refractivity contribution in [2.75, 3.05) is 0 Å². The van der Waals surface area contributed by atoms with E-state index in [4.69, 9.17) is 11.6 Å². The third kappa shape index (κ3) is 2.10. The number of rotatable bonds is 2. The van der Waals surface area contributed by atoms with Gasteiger partial charge in [-0.25, -0.2) is 4.39 Å². The molecule has 0 aliphatic heterocycles. The van der Waals surface area contributed by atoms with Crippen molar-refractivity contribution >= 4 is 11.6 Å². The first-order valence-electron chi connectivity index (χ1n) is 6.21. The molecule has 0 saturated heterocycles. The highest BCUT2D eigenvalue weighted by atomic mass is 35.5. The molecule has 0 aliphatic rings. The van der Waals surface area contributed by atoms with Gasteiger partial charge in [0.15, 0.2) is 0 Å². The van der Waals surface area contributed by atoms with Gasteiger partial charge in [-0.15, -0.1) is 0 Å². The highest BCUT2D eigenvalue weighted by molar-refractivity contribution is 6.35. The van der Waals surface area contributed by atoms with Gasteiger partial charge >= 0.3 is 0 Å². The van der Waals surface area contributed by atoms with Crippen molar-refractivity contribution < 1.29 is 4.39 Å². The maximum absolute atomic E-state index is 13.9. The Morgan fingerprint density at radius 1 is 1.00 bits per heavy atom. The Labute approximate surface area is 121 Å². The Morgan fingerprint density at radius 2 is 1.65 bits per heavy atom. The summed E-state index contributed by atoms with van der Waals surface area (Å²) in [5.41, 5.74) is 2.61. The topological polar surface area (TPSA) is 17.8 Å². The molecule has 2 aromatic carbocycles. The molecular formula is C16H12ClFN2. The van der Waals surface area contributed by atoms with Crippen LogP contribution in [0.3, 0.4) is 0 Å². The molecule has 3 aromatic rings. The Bertz CT molecular complexity index is 750. The molecule has 0 N–H and O–H groups in total. The first-order valence-corrected chi connectivity index (χ1v) is 6.59. The van der Waals surface area contributed by atoms with Gasteiger partial charge in [0.25, 0.3) is 0 Å². The van der Waals surface area contributed by atoms with E-state index in [9.17, 15) is 4.39 Å². The van der Waals surface area contributed by atoms with E-state index in [1.807, 2.05) is 30.3 Å². The Hall–Kier alpha value is -2.13. The van der Waals surface area contributed by atoms with E-state index in [0.717, 1.165) is 11.3 Å². The number of aromatic nitrogens is 2. The molecule has 0 radical (unpaired) electrons. The van der Waals surface area contributed by atoms with Crippen molar-refractivity contribution in [1.29, 1.82) is 0 Å². The molecule has 2 nitrogen and oxygen atoms in total. The summed E-state index contributed by atoms with van der Waals surface area (Å²) in [5.74, 6) is -0.327. The largest absolute Gasteiger partial charge is 0.266 e. The van der Waals surface area contributed by atoms with E-state index in [1.54, 1.807) is 29.9 Å². The molecule has 3 rings (SSSR count). The fraction of sp³-hybridized carbons (Fsp3) is 0.0625. The zero-order valence-corrected chi connectivity index (χ0v) is 11.6. The van der Waals surface area contributed by atoms with Gasteiger partial charge in [0, 0.05) is 18.2 Å². The van der Waals surface area contributed by atoms with E-state index < -0.39 is 0 Å². The quantitative estimate of drug-likeness (QED) is 0.676. The lowest BCUT2D eigenvalue weighted by Crippen LogP contribution is -1.94. The van der Waals surface area contributed by atoms with E-state index in [0.29, 0.717) is 16.3 Å². The second kappa shape index (κ2) is 5.10. The summed E-state index contributed by atoms with van der Waals surface area (Å²) in [6.45, 7) is 0. The van der Waals surface area contributed by atoms with Crippen LogP contribution in [-0.2, 0) is 7.05 Å². The van der Waals surface area contributed by atoms with Crippen molar-refractivity contribution in [1.82, 2.24) is 9.78 Å². The lowest BCUT2D eigenvalue weighted by atomic mass is 10.1. The van der Waals surface area contributed by atoms with Gasteiger partial charge in [0.2, 0.25) is 0 Å². The average molecular weight is 287 g/mol. The number of benzene rings is 2. The van der Waals surface area contributed by atoms with Crippen molar-refractivity contribution in [2.45, 2.75) is 0 Å². The SMILES string of the molecule is Cn1nc(-c2ccccc2F)c(Cl)c1-c1ccccc1. The Morgan fingerprint density at radius 3 is 2.35 bits per heavy atom. The monoisotopic (exact) mass is 286 g/mol. The fourth-order valence-electron chi connectivity index (χ4n) is 2.23. The van der Waals surface area contributed by atoms with Crippen molar-refractivity contribution in [3.63, 3.8) is 0 Å². The molecule has 0 atom stereocenters. The summed E-state index contributed by atoms with van der Waals surface area (Å²) in [5, 5.41) is 4.82. The zero-order valence-electron chi connectivity index (χ0n) is 10.8. The van der Waals surface area contributed by atoms with Crippen LogP contribution in [0.4, 0.5) is 4.39 Å². The van der Waals surface area contributed by atoms with Crippen molar-refractivity contribution in [2.24, 2.45) is 7.05 Å². The normalized spacial score (nSPS) is 10.8. The van der Waals surface area contributed by atoms with Crippen LogP contribution in [0.5, 0.6) is 0 Å². The molecule has 0 fully saturated rings. The molecular weight excluding hydrogens is 275 g/mol.